The van der Waals surface area contributed by atoms with Crippen molar-refractivity contribution in [1.82, 2.24) is 33.2 Å². The Bertz CT molecular complexity index is 5510. The molecular weight excluding hydrogens is 871 g/mol. The lowest BCUT2D eigenvalue weighted by Gasteiger charge is -2.20. The maximum absolute atomic E-state index is 9.71. The molecule has 330 valence electrons. The zero-order valence-electron chi connectivity index (χ0n) is 49.0. The number of para-hydroxylation sites is 8. The van der Waals surface area contributed by atoms with E-state index in [1.54, 1.807) is 41.0 Å². The Morgan fingerprint density at radius 1 is 0.324 bits per heavy atom. The highest BCUT2D eigenvalue weighted by Gasteiger charge is 2.28. The Balaban J connectivity index is 1.17. The highest BCUT2D eigenvalue weighted by Crippen LogP contribution is 2.45. The lowest BCUT2D eigenvalue weighted by Crippen LogP contribution is -2.12. The van der Waals surface area contributed by atoms with Gasteiger partial charge in [-0.2, -0.15) is 15.0 Å². The molecule has 0 spiro atoms. The fraction of sp³-hybridized carbons (Fsp3) is 0. The lowest BCUT2D eigenvalue weighted by atomic mass is 10.1. The molecule has 0 fully saturated rings. The van der Waals surface area contributed by atoms with E-state index in [-0.39, 0.29) is 73.8 Å². The molecule has 0 saturated heterocycles. The first-order valence-electron chi connectivity index (χ1n) is 29.0. The van der Waals surface area contributed by atoms with Crippen molar-refractivity contribution in [3.8, 4) is 34.7 Å². The van der Waals surface area contributed by atoms with Gasteiger partial charge in [0.05, 0.1) is 82.9 Å². The van der Waals surface area contributed by atoms with Crippen LogP contribution in [0.1, 0.15) is 16.4 Å². The van der Waals surface area contributed by atoms with E-state index in [4.69, 9.17) is 27.6 Å². The highest BCUT2D eigenvalue weighted by atomic mass is 16.3. The number of fused-ring (bicyclic) bond motifs is 16. The van der Waals surface area contributed by atoms with E-state index in [0.717, 1.165) is 54.4 Å². The minimum Gasteiger partial charge on any atom is -0.456 e. The number of furan rings is 1. The molecule has 0 amide bonds. The third kappa shape index (κ3) is 5.25. The van der Waals surface area contributed by atoms with Gasteiger partial charge >= 0.3 is 0 Å². The van der Waals surface area contributed by atoms with E-state index < -0.39 is 60.4 Å². The molecule has 0 aliphatic carbocycles. The zero-order chi connectivity index (χ0) is 56.8. The summed E-state index contributed by atoms with van der Waals surface area (Å²) in [5.74, 6) is 0.00261. The first-order valence-corrected chi connectivity index (χ1v) is 23.0. The standard InChI is InChI=1S/C63H37N7O/c1-9-26-47-38(18-1)39-19-2-10-27-48(39)67(47)54-33-17-34-55(68-49-28-11-7-24-44(49)45-36-37-57-58(60(45)68)46-25-8-16-35-56(46)71-57)59(54)61-64-62(69-50-29-12-3-20-40(50)41-21-4-13-30-51(41)69)66-63(65-61)70-52-31-14-5-22-42(52)43-23-6-15-32-53(43)70/h1-37H/i1D,2D,3D,9D,10D,12D,18D,19D,20D,26D,27D,29D. The molecule has 0 unspecified atom stereocenters. The van der Waals surface area contributed by atoms with E-state index in [9.17, 15) is 8.22 Å². The van der Waals surface area contributed by atoms with Crippen molar-refractivity contribution < 1.29 is 20.9 Å². The molecule has 0 saturated carbocycles. The van der Waals surface area contributed by atoms with Crippen LogP contribution in [0.5, 0.6) is 0 Å². The molecule has 16 rings (SSSR count). The molecule has 6 aromatic heterocycles. The molecule has 0 aliphatic heterocycles. The Hall–Kier alpha value is -9.79. The first kappa shape index (κ1) is 28.5. The number of aromatic nitrogens is 7. The number of hydrogen-bond acceptors (Lipinski definition) is 4. The minimum absolute atomic E-state index is 0.0314. The largest absolute Gasteiger partial charge is 0.456 e. The normalized spacial score (nSPS) is 14.6. The summed E-state index contributed by atoms with van der Waals surface area (Å²) in [5.41, 5.74) is 5.26. The van der Waals surface area contributed by atoms with Crippen molar-refractivity contribution in [3.63, 3.8) is 0 Å². The summed E-state index contributed by atoms with van der Waals surface area (Å²) in [5, 5.41) is 5.60. The molecule has 8 nitrogen and oxygen atoms in total. The van der Waals surface area contributed by atoms with Gasteiger partial charge < -0.3 is 13.6 Å². The van der Waals surface area contributed by atoms with Crippen LogP contribution in [0.2, 0.25) is 0 Å². The van der Waals surface area contributed by atoms with Gasteiger partial charge in [-0.05, 0) is 72.7 Å². The summed E-state index contributed by atoms with van der Waals surface area (Å²) < 4.78 is 125. The van der Waals surface area contributed by atoms with Crippen LogP contribution >= 0.6 is 0 Å². The van der Waals surface area contributed by atoms with Gasteiger partial charge in [-0.1, -0.05) is 151 Å². The van der Waals surface area contributed by atoms with Gasteiger partial charge in [0.1, 0.15) is 11.2 Å². The van der Waals surface area contributed by atoms with Crippen LogP contribution in [0.4, 0.5) is 0 Å². The summed E-state index contributed by atoms with van der Waals surface area (Å²) >= 11 is 0. The topological polar surface area (TPSA) is 71.5 Å². The van der Waals surface area contributed by atoms with Gasteiger partial charge in [0.2, 0.25) is 11.9 Å². The number of hydrogen-bond donors (Lipinski definition) is 0. The maximum atomic E-state index is 9.71. The van der Waals surface area contributed by atoms with Gasteiger partial charge in [0.15, 0.2) is 5.82 Å². The number of benzene rings is 10. The van der Waals surface area contributed by atoms with Crippen molar-refractivity contribution in [2.75, 3.05) is 0 Å². The molecule has 0 bridgehead atoms. The van der Waals surface area contributed by atoms with Gasteiger partial charge in [0.25, 0.3) is 0 Å². The molecular formula is C63H37N7O. The summed E-state index contributed by atoms with van der Waals surface area (Å²) in [6.45, 7) is 0. The van der Waals surface area contributed by atoms with Crippen molar-refractivity contribution >= 4 is 109 Å². The molecule has 16 aromatic rings. The van der Waals surface area contributed by atoms with E-state index in [0.29, 0.717) is 27.8 Å². The van der Waals surface area contributed by atoms with Crippen molar-refractivity contribution in [1.29, 1.82) is 0 Å². The van der Waals surface area contributed by atoms with Gasteiger partial charge in [-0.15, -0.1) is 0 Å². The molecule has 0 N–H and O–H groups in total. The van der Waals surface area contributed by atoms with E-state index in [1.165, 1.54) is 4.57 Å². The number of rotatable bonds is 5. The predicted octanol–water partition coefficient (Wildman–Crippen LogP) is 15.8. The van der Waals surface area contributed by atoms with Crippen LogP contribution in [0.3, 0.4) is 0 Å². The quantitative estimate of drug-likeness (QED) is 0.172. The third-order valence-electron chi connectivity index (χ3n) is 13.8. The maximum Gasteiger partial charge on any atom is 0.240 e. The van der Waals surface area contributed by atoms with Crippen molar-refractivity contribution in [2.24, 2.45) is 0 Å². The molecule has 8 heteroatoms. The Morgan fingerprint density at radius 3 is 1.35 bits per heavy atom. The van der Waals surface area contributed by atoms with Crippen LogP contribution < -0.4 is 0 Å². The van der Waals surface area contributed by atoms with Crippen LogP contribution in [-0.2, 0) is 0 Å². The van der Waals surface area contributed by atoms with E-state index in [1.807, 2.05) is 120 Å². The van der Waals surface area contributed by atoms with E-state index in [2.05, 4.69) is 4.57 Å². The minimum atomic E-state index is -0.594. The van der Waals surface area contributed by atoms with Crippen LogP contribution in [0, 0.1) is 0 Å². The van der Waals surface area contributed by atoms with Gasteiger partial charge in [0, 0.05) is 48.5 Å². The second kappa shape index (κ2) is 14.4. The summed E-state index contributed by atoms with van der Waals surface area (Å²) in [6, 6.07) is 41.9. The van der Waals surface area contributed by atoms with Crippen LogP contribution in [0.15, 0.2) is 229 Å². The molecule has 0 aliphatic rings. The first-order chi connectivity index (χ1) is 40.2. The molecule has 10 aromatic carbocycles. The van der Waals surface area contributed by atoms with Crippen LogP contribution in [0.25, 0.3) is 144 Å². The Kier molecular flexibility index (Phi) is 5.77. The lowest BCUT2D eigenvalue weighted by molar-refractivity contribution is 0.669. The van der Waals surface area contributed by atoms with Crippen molar-refractivity contribution in [2.45, 2.75) is 0 Å². The van der Waals surface area contributed by atoms with Gasteiger partial charge in [-0.3, -0.25) is 9.13 Å². The monoisotopic (exact) mass is 919 g/mol. The van der Waals surface area contributed by atoms with Gasteiger partial charge in [-0.25, -0.2) is 0 Å². The zero-order valence-corrected chi connectivity index (χ0v) is 37.0. The fourth-order valence-corrected chi connectivity index (χ4v) is 11.0. The summed E-state index contributed by atoms with van der Waals surface area (Å²) in [7, 11) is 0. The molecule has 71 heavy (non-hydrogen) atoms. The SMILES string of the molecule is [2H]c1c([2H])c([2H])c2c(c1[2H])c1ccccc1n2-c1nc(-c2c(-n3c4c([2H])c([2H])c([2H])c([2H])c4c4c([2H])c([2H])c([2H])c([2H])c43)cccc2-n2c3ccccc3c3ccc4oc5ccccc5c4c32)nc(-n2c3ccccc3c3ccccc32)n1. The predicted molar refractivity (Wildman–Crippen MR) is 290 cm³/mol. The van der Waals surface area contributed by atoms with Crippen LogP contribution in [-0.4, -0.2) is 33.2 Å². The Labute approximate surface area is 421 Å². The number of nitrogens with zero attached hydrogens (tertiary/aromatic N) is 7. The summed E-state index contributed by atoms with van der Waals surface area (Å²) in [6.07, 6.45) is 0. The average Bonchev–Trinajstić information content (AvgIpc) is 2.27. The average molecular weight is 920 g/mol. The second-order valence-electron chi connectivity index (χ2n) is 17.4. The second-order valence-corrected chi connectivity index (χ2v) is 17.4. The molecule has 6 heterocycles. The molecule has 0 radical (unpaired) electrons. The highest BCUT2D eigenvalue weighted by molar-refractivity contribution is 6.25. The molecule has 0 atom stereocenters. The fourth-order valence-electron chi connectivity index (χ4n) is 11.0. The Morgan fingerprint density at radius 2 is 0.761 bits per heavy atom. The third-order valence-corrected chi connectivity index (χ3v) is 13.8. The summed E-state index contributed by atoms with van der Waals surface area (Å²) in [4.78, 5) is 16.3. The smallest absolute Gasteiger partial charge is 0.240 e. The van der Waals surface area contributed by atoms with Crippen molar-refractivity contribution in [3.05, 3.63) is 224 Å². The van der Waals surface area contributed by atoms with E-state index >= 15 is 0 Å².